The van der Waals surface area contributed by atoms with Crippen molar-refractivity contribution in [1.29, 1.82) is 0 Å². The van der Waals surface area contributed by atoms with Gasteiger partial charge in [-0.2, -0.15) is 4.98 Å². The predicted octanol–water partition coefficient (Wildman–Crippen LogP) is 2.25. The third kappa shape index (κ3) is 3.76. The van der Waals surface area contributed by atoms with Crippen molar-refractivity contribution in [1.82, 2.24) is 20.6 Å². The number of nitrogens with zero attached hydrogens (tertiary/aromatic N) is 3. The predicted molar refractivity (Wildman–Crippen MR) is 75.3 cm³/mol. The molecule has 6 nitrogen and oxygen atoms in total. The lowest BCUT2D eigenvalue weighted by Gasteiger charge is -1.96. The zero-order valence-corrected chi connectivity index (χ0v) is 11.7. The second-order valence-electron chi connectivity index (χ2n) is 4.80. The summed E-state index contributed by atoms with van der Waals surface area (Å²) < 4.78 is 10.2. The van der Waals surface area contributed by atoms with Crippen molar-refractivity contribution in [3.63, 3.8) is 0 Å². The van der Waals surface area contributed by atoms with E-state index in [0.29, 0.717) is 31.2 Å². The highest BCUT2D eigenvalue weighted by Gasteiger charge is 2.07. The summed E-state index contributed by atoms with van der Waals surface area (Å²) in [5.41, 5.74) is 2.02. The van der Waals surface area contributed by atoms with Crippen LogP contribution in [-0.4, -0.2) is 15.3 Å². The van der Waals surface area contributed by atoms with Crippen LogP contribution in [0.3, 0.4) is 0 Å². The maximum atomic E-state index is 5.21. The summed E-state index contributed by atoms with van der Waals surface area (Å²) in [7, 11) is 0. The summed E-state index contributed by atoms with van der Waals surface area (Å²) in [6, 6.07) is 12.0. The molecule has 0 radical (unpaired) electrons. The SMILES string of the molecule is Cc1cc(CNCc2nc(Cc3ccccc3)no2)no1. The van der Waals surface area contributed by atoms with Gasteiger partial charge in [0.25, 0.3) is 0 Å². The Morgan fingerprint density at radius 2 is 1.90 bits per heavy atom. The zero-order chi connectivity index (χ0) is 14.5. The minimum atomic E-state index is 0.508. The Kier molecular flexibility index (Phi) is 4.07. The molecule has 0 amide bonds. The Balaban J connectivity index is 1.51. The Hall–Kier alpha value is -2.47. The van der Waals surface area contributed by atoms with Crippen LogP contribution in [0.2, 0.25) is 0 Å². The van der Waals surface area contributed by atoms with Crippen LogP contribution in [0.25, 0.3) is 0 Å². The molecular formula is C15H16N4O2. The van der Waals surface area contributed by atoms with Crippen LogP contribution in [0.15, 0.2) is 45.4 Å². The first kappa shape index (κ1) is 13.5. The maximum absolute atomic E-state index is 5.21. The summed E-state index contributed by atoms with van der Waals surface area (Å²) in [5, 5.41) is 11.1. The van der Waals surface area contributed by atoms with Gasteiger partial charge in [-0.15, -0.1) is 0 Å². The molecule has 3 aromatic rings. The molecule has 0 bridgehead atoms. The first-order valence-corrected chi connectivity index (χ1v) is 6.78. The first-order valence-electron chi connectivity index (χ1n) is 6.78. The molecule has 0 aliphatic carbocycles. The van der Waals surface area contributed by atoms with Crippen molar-refractivity contribution in [2.75, 3.05) is 0 Å². The Labute approximate surface area is 122 Å². The lowest BCUT2D eigenvalue weighted by molar-refractivity contribution is 0.359. The third-order valence-corrected chi connectivity index (χ3v) is 2.97. The van der Waals surface area contributed by atoms with E-state index in [0.717, 1.165) is 17.0 Å². The van der Waals surface area contributed by atoms with Gasteiger partial charge < -0.3 is 14.4 Å². The summed E-state index contributed by atoms with van der Waals surface area (Å²) in [6.07, 6.45) is 0.673. The molecule has 0 fully saturated rings. The van der Waals surface area contributed by atoms with Crippen LogP contribution in [0, 0.1) is 6.92 Å². The maximum Gasteiger partial charge on any atom is 0.240 e. The summed E-state index contributed by atoms with van der Waals surface area (Å²) in [4.78, 5) is 4.36. The summed E-state index contributed by atoms with van der Waals surface area (Å²) >= 11 is 0. The minimum Gasteiger partial charge on any atom is -0.361 e. The highest BCUT2D eigenvalue weighted by atomic mass is 16.5. The van der Waals surface area contributed by atoms with E-state index in [1.165, 1.54) is 0 Å². The van der Waals surface area contributed by atoms with E-state index in [1.807, 2.05) is 43.3 Å². The van der Waals surface area contributed by atoms with Crippen LogP contribution in [0.5, 0.6) is 0 Å². The summed E-state index contributed by atoms with van der Waals surface area (Å²) in [5.74, 6) is 2.06. The molecule has 0 aliphatic rings. The number of rotatable bonds is 6. The molecule has 0 saturated carbocycles. The average molecular weight is 284 g/mol. The van der Waals surface area contributed by atoms with Gasteiger partial charge in [0.05, 0.1) is 12.2 Å². The van der Waals surface area contributed by atoms with Gasteiger partial charge in [-0.25, -0.2) is 0 Å². The zero-order valence-electron chi connectivity index (χ0n) is 11.7. The molecule has 0 aliphatic heterocycles. The molecule has 108 valence electrons. The first-order chi connectivity index (χ1) is 10.3. The van der Waals surface area contributed by atoms with Gasteiger partial charge in [-0.3, -0.25) is 0 Å². The van der Waals surface area contributed by atoms with Crippen molar-refractivity contribution in [3.8, 4) is 0 Å². The fourth-order valence-corrected chi connectivity index (χ4v) is 2.01. The van der Waals surface area contributed by atoms with E-state index in [4.69, 9.17) is 9.05 Å². The van der Waals surface area contributed by atoms with Crippen LogP contribution in [0.1, 0.15) is 28.7 Å². The second-order valence-corrected chi connectivity index (χ2v) is 4.80. The Morgan fingerprint density at radius 1 is 1.05 bits per heavy atom. The van der Waals surface area contributed by atoms with Crippen LogP contribution < -0.4 is 5.32 Å². The third-order valence-electron chi connectivity index (χ3n) is 2.97. The van der Waals surface area contributed by atoms with Gasteiger partial charge in [0.2, 0.25) is 5.89 Å². The van der Waals surface area contributed by atoms with E-state index in [1.54, 1.807) is 0 Å². The van der Waals surface area contributed by atoms with Crippen molar-refractivity contribution in [3.05, 3.63) is 65.1 Å². The van der Waals surface area contributed by atoms with Crippen LogP contribution in [0.4, 0.5) is 0 Å². The molecule has 0 spiro atoms. The van der Waals surface area contributed by atoms with Crippen LogP contribution in [-0.2, 0) is 19.5 Å². The van der Waals surface area contributed by atoms with E-state index >= 15 is 0 Å². The highest BCUT2D eigenvalue weighted by molar-refractivity contribution is 5.18. The highest BCUT2D eigenvalue weighted by Crippen LogP contribution is 2.07. The fraction of sp³-hybridized carbons (Fsp3) is 0.267. The molecule has 6 heteroatoms. The number of nitrogens with one attached hydrogen (secondary N) is 1. The minimum absolute atomic E-state index is 0.508. The molecule has 21 heavy (non-hydrogen) atoms. The molecule has 2 aromatic heterocycles. The standard InChI is InChI=1S/C15H16N4O2/c1-11-7-13(18-20-11)9-16-10-15-17-14(19-21-15)8-12-5-3-2-4-6-12/h2-7,16H,8-10H2,1H3. The average Bonchev–Trinajstić information content (AvgIpc) is 3.10. The van der Waals surface area contributed by atoms with Crippen LogP contribution >= 0.6 is 0 Å². The number of hydrogen-bond acceptors (Lipinski definition) is 6. The van der Waals surface area contributed by atoms with Gasteiger partial charge in [0.15, 0.2) is 5.82 Å². The van der Waals surface area contributed by atoms with E-state index in [9.17, 15) is 0 Å². The quantitative estimate of drug-likeness (QED) is 0.748. The smallest absolute Gasteiger partial charge is 0.240 e. The largest absolute Gasteiger partial charge is 0.361 e. The molecule has 1 N–H and O–H groups in total. The van der Waals surface area contributed by atoms with Crippen molar-refractivity contribution in [2.24, 2.45) is 0 Å². The molecule has 3 rings (SSSR count). The normalized spacial score (nSPS) is 10.9. The van der Waals surface area contributed by atoms with Gasteiger partial charge in [-0.05, 0) is 12.5 Å². The van der Waals surface area contributed by atoms with Crippen molar-refractivity contribution >= 4 is 0 Å². The Bertz CT molecular complexity index is 691. The second kappa shape index (κ2) is 6.32. The lowest BCUT2D eigenvalue weighted by atomic mass is 10.1. The van der Waals surface area contributed by atoms with Gasteiger partial charge in [0, 0.05) is 19.0 Å². The molecular weight excluding hydrogens is 268 g/mol. The van der Waals surface area contributed by atoms with E-state index in [2.05, 4.69) is 20.6 Å². The summed E-state index contributed by atoms with van der Waals surface area (Å²) in [6.45, 7) is 2.98. The fourth-order valence-electron chi connectivity index (χ4n) is 2.01. The topological polar surface area (TPSA) is 77.0 Å². The number of aromatic nitrogens is 3. The number of benzene rings is 1. The lowest BCUT2D eigenvalue weighted by Crippen LogP contribution is -2.13. The molecule has 2 heterocycles. The molecule has 0 saturated heterocycles. The number of hydrogen-bond donors (Lipinski definition) is 1. The monoisotopic (exact) mass is 284 g/mol. The van der Waals surface area contributed by atoms with Crippen molar-refractivity contribution in [2.45, 2.75) is 26.4 Å². The molecule has 0 unspecified atom stereocenters. The molecule has 0 atom stereocenters. The van der Waals surface area contributed by atoms with E-state index in [-0.39, 0.29) is 0 Å². The van der Waals surface area contributed by atoms with Gasteiger partial charge in [-0.1, -0.05) is 40.6 Å². The van der Waals surface area contributed by atoms with E-state index < -0.39 is 0 Å². The van der Waals surface area contributed by atoms with Gasteiger partial charge in [0.1, 0.15) is 5.76 Å². The Morgan fingerprint density at radius 3 is 2.67 bits per heavy atom. The number of aryl methyl sites for hydroxylation is 1. The van der Waals surface area contributed by atoms with Gasteiger partial charge >= 0.3 is 0 Å². The van der Waals surface area contributed by atoms with Crippen molar-refractivity contribution < 1.29 is 9.05 Å². The molecule has 1 aromatic carbocycles.